The number of carbonyl (C=O) groups excluding carboxylic acids is 1. The van der Waals surface area contributed by atoms with Crippen LogP contribution in [-0.4, -0.2) is 10.8 Å². The third-order valence-electron chi connectivity index (χ3n) is 2.72. The van der Waals surface area contributed by atoms with Crippen LogP contribution in [0.1, 0.15) is 28.9 Å². The first-order valence-electron chi connectivity index (χ1n) is 5.50. The fraction of sp³-hybridized carbons (Fsp3) is 0.143. The van der Waals surface area contributed by atoms with Crippen molar-refractivity contribution in [2.45, 2.75) is 12.8 Å². The average molecular weight is 264 g/mol. The molecule has 0 saturated heterocycles. The summed E-state index contributed by atoms with van der Waals surface area (Å²) in [6.45, 7) is 1.70. The molecule has 0 aliphatic carbocycles. The van der Waals surface area contributed by atoms with Crippen LogP contribution in [0.3, 0.4) is 0 Å². The van der Waals surface area contributed by atoms with Crippen LogP contribution in [0.25, 0.3) is 0 Å². The number of halogens is 2. The van der Waals surface area contributed by atoms with Crippen molar-refractivity contribution in [3.63, 3.8) is 0 Å². The zero-order chi connectivity index (χ0) is 13.1. The highest BCUT2D eigenvalue weighted by molar-refractivity contribution is 6.31. The molecule has 2 nitrogen and oxygen atoms in total. The van der Waals surface area contributed by atoms with Gasteiger partial charge in [0, 0.05) is 11.2 Å². The van der Waals surface area contributed by atoms with Crippen LogP contribution in [-0.2, 0) is 0 Å². The van der Waals surface area contributed by atoms with Crippen LogP contribution >= 0.6 is 11.6 Å². The quantitative estimate of drug-likeness (QED) is 0.787. The molecule has 1 unspecified atom stereocenters. The molecule has 0 spiro atoms. The van der Waals surface area contributed by atoms with Crippen molar-refractivity contribution < 1.29 is 9.18 Å². The van der Waals surface area contributed by atoms with Gasteiger partial charge >= 0.3 is 0 Å². The predicted octanol–water partition coefficient (Wildman–Crippen LogP) is 3.86. The van der Waals surface area contributed by atoms with E-state index in [4.69, 9.17) is 11.6 Å². The number of hydrogen-bond donors (Lipinski definition) is 0. The number of aromatic nitrogens is 1. The summed E-state index contributed by atoms with van der Waals surface area (Å²) in [4.78, 5) is 16.3. The van der Waals surface area contributed by atoms with Gasteiger partial charge in [-0.1, -0.05) is 17.7 Å². The summed E-state index contributed by atoms with van der Waals surface area (Å²) in [5.41, 5.74) is 0.613. The first-order valence-corrected chi connectivity index (χ1v) is 5.87. The molecule has 0 aliphatic rings. The largest absolute Gasteiger partial charge is 0.293 e. The Morgan fingerprint density at radius 1 is 1.33 bits per heavy atom. The van der Waals surface area contributed by atoms with Crippen molar-refractivity contribution in [3.05, 3.63) is 64.7 Å². The molecule has 4 heteroatoms. The highest BCUT2D eigenvalue weighted by atomic mass is 35.5. The van der Waals surface area contributed by atoms with Crippen molar-refractivity contribution in [3.8, 4) is 0 Å². The molecule has 1 heterocycles. The Kier molecular flexibility index (Phi) is 3.72. The second-order valence-corrected chi connectivity index (χ2v) is 4.40. The number of nitrogens with zero attached hydrogens (tertiary/aromatic N) is 1. The van der Waals surface area contributed by atoms with E-state index in [1.165, 1.54) is 18.2 Å². The van der Waals surface area contributed by atoms with Crippen LogP contribution in [0.5, 0.6) is 0 Å². The molecule has 1 atom stereocenters. The maximum absolute atomic E-state index is 13.6. The molecule has 0 N–H and O–H groups in total. The Hall–Kier alpha value is -1.74. The third-order valence-corrected chi connectivity index (χ3v) is 2.95. The molecule has 18 heavy (non-hydrogen) atoms. The highest BCUT2D eigenvalue weighted by Gasteiger charge is 2.21. The lowest BCUT2D eigenvalue weighted by Gasteiger charge is -2.10. The normalized spacial score (nSPS) is 12.2. The van der Waals surface area contributed by atoms with Crippen molar-refractivity contribution in [2.24, 2.45) is 0 Å². The van der Waals surface area contributed by atoms with Gasteiger partial charge in [0.2, 0.25) is 0 Å². The summed E-state index contributed by atoms with van der Waals surface area (Å²) in [5.74, 6) is -1.39. The summed E-state index contributed by atoms with van der Waals surface area (Å²) in [5, 5.41) is 0.341. The van der Waals surface area contributed by atoms with E-state index in [1.54, 1.807) is 31.3 Å². The van der Waals surface area contributed by atoms with Gasteiger partial charge in [0.1, 0.15) is 5.82 Å². The monoisotopic (exact) mass is 263 g/mol. The lowest BCUT2D eigenvalue weighted by atomic mass is 9.95. The van der Waals surface area contributed by atoms with Gasteiger partial charge in [-0.25, -0.2) is 4.39 Å². The number of pyridine rings is 1. The smallest absolute Gasteiger partial charge is 0.174 e. The molecular weight excluding hydrogens is 253 g/mol. The Morgan fingerprint density at radius 2 is 2.11 bits per heavy atom. The molecule has 0 saturated carbocycles. The molecular formula is C14H11ClFNO. The number of Topliss-reactive ketones (excluding diaryl/α,β-unsaturated/α-hetero) is 1. The fourth-order valence-corrected chi connectivity index (χ4v) is 1.86. The van der Waals surface area contributed by atoms with Crippen molar-refractivity contribution in [1.82, 2.24) is 4.98 Å². The van der Waals surface area contributed by atoms with Gasteiger partial charge in [-0.05, 0) is 37.3 Å². The molecule has 92 valence electrons. The lowest BCUT2D eigenvalue weighted by molar-refractivity contribution is 0.0960. The van der Waals surface area contributed by atoms with Crippen LogP contribution in [0.4, 0.5) is 4.39 Å². The second kappa shape index (κ2) is 5.27. The van der Waals surface area contributed by atoms with E-state index in [0.717, 1.165) is 0 Å². The number of hydrogen-bond acceptors (Lipinski definition) is 2. The van der Waals surface area contributed by atoms with Gasteiger partial charge in [-0.15, -0.1) is 0 Å². The fourth-order valence-electron chi connectivity index (χ4n) is 1.69. The van der Waals surface area contributed by atoms with E-state index >= 15 is 0 Å². The minimum absolute atomic E-state index is 0.000605. The van der Waals surface area contributed by atoms with Crippen molar-refractivity contribution in [2.75, 3.05) is 0 Å². The van der Waals surface area contributed by atoms with Crippen LogP contribution in [0.2, 0.25) is 5.02 Å². The van der Waals surface area contributed by atoms with Gasteiger partial charge in [-0.2, -0.15) is 0 Å². The maximum atomic E-state index is 13.6. The standard InChI is InChI=1S/C14H11ClFNO/c1-9(13-4-2-3-7-17-13)14(18)11-8-10(15)5-6-12(11)16/h2-9H,1H3. The Morgan fingerprint density at radius 3 is 2.78 bits per heavy atom. The third kappa shape index (κ3) is 2.57. The molecule has 0 aliphatic heterocycles. The van der Waals surface area contributed by atoms with E-state index < -0.39 is 11.7 Å². The highest BCUT2D eigenvalue weighted by Crippen LogP contribution is 2.22. The number of ketones is 1. The van der Waals surface area contributed by atoms with Crippen LogP contribution < -0.4 is 0 Å². The topological polar surface area (TPSA) is 30.0 Å². The predicted molar refractivity (Wildman–Crippen MR) is 68.4 cm³/mol. The van der Waals surface area contributed by atoms with Crippen LogP contribution in [0.15, 0.2) is 42.6 Å². The summed E-state index contributed by atoms with van der Waals surface area (Å²) >= 11 is 5.78. The van der Waals surface area contributed by atoms with E-state index in [1.807, 2.05) is 0 Å². The van der Waals surface area contributed by atoms with Crippen molar-refractivity contribution >= 4 is 17.4 Å². The number of carbonyl (C=O) groups is 1. The molecule has 1 aromatic heterocycles. The van der Waals surface area contributed by atoms with E-state index in [0.29, 0.717) is 10.7 Å². The number of benzene rings is 1. The average Bonchev–Trinajstić information content (AvgIpc) is 2.41. The zero-order valence-corrected chi connectivity index (χ0v) is 10.5. The Bertz CT molecular complexity index is 571. The summed E-state index contributed by atoms with van der Waals surface area (Å²) < 4.78 is 13.6. The second-order valence-electron chi connectivity index (χ2n) is 3.96. The molecule has 0 bridgehead atoms. The minimum atomic E-state index is -0.563. The molecule has 0 fully saturated rings. The Balaban J connectivity index is 2.34. The van der Waals surface area contributed by atoms with E-state index in [2.05, 4.69) is 4.98 Å². The summed E-state index contributed by atoms with van der Waals surface area (Å²) in [7, 11) is 0. The summed E-state index contributed by atoms with van der Waals surface area (Å²) in [6.07, 6.45) is 1.60. The number of rotatable bonds is 3. The van der Waals surface area contributed by atoms with E-state index in [9.17, 15) is 9.18 Å². The summed E-state index contributed by atoms with van der Waals surface area (Å²) in [6, 6.07) is 9.25. The zero-order valence-electron chi connectivity index (χ0n) is 9.73. The van der Waals surface area contributed by atoms with Gasteiger partial charge in [0.15, 0.2) is 5.78 Å². The molecule has 0 radical (unpaired) electrons. The van der Waals surface area contributed by atoms with Crippen LogP contribution in [0, 0.1) is 5.82 Å². The molecule has 2 aromatic rings. The van der Waals surface area contributed by atoms with Crippen molar-refractivity contribution in [1.29, 1.82) is 0 Å². The SMILES string of the molecule is CC(C(=O)c1cc(Cl)ccc1F)c1ccccn1. The first kappa shape index (κ1) is 12.7. The van der Waals surface area contributed by atoms with E-state index in [-0.39, 0.29) is 11.3 Å². The molecule has 1 aromatic carbocycles. The molecule has 2 rings (SSSR count). The van der Waals surface area contributed by atoms with Gasteiger partial charge in [-0.3, -0.25) is 9.78 Å². The Labute approximate surface area is 109 Å². The lowest BCUT2D eigenvalue weighted by Crippen LogP contribution is -2.12. The maximum Gasteiger partial charge on any atom is 0.174 e. The molecule has 0 amide bonds. The van der Waals surface area contributed by atoms with Gasteiger partial charge < -0.3 is 0 Å². The van der Waals surface area contributed by atoms with Gasteiger partial charge in [0.05, 0.1) is 17.2 Å². The minimum Gasteiger partial charge on any atom is -0.293 e. The first-order chi connectivity index (χ1) is 8.59. The van der Waals surface area contributed by atoms with Gasteiger partial charge in [0.25, 0.3) is 0 Å².